The van der Waals surface area contributed by atoms with Crippen LogP contribution < -0.4 is 14.2 Å². The van der Waals surface area contributed by atoms with Gasteiger partial charge in [-0.05, 0) is 67.6 Å². The van der Waals surface area contributed by atoms with Crippen molar-refractivity contribution in [2.24, 2.45) is 5.92 Å². The highest BCUT2D eigenvalue weighted by Crippen LogP contribution is 2.39. The maximum Gasteiger partial charge on any atom is 0.243 e. The van der Waals surface area contributed by atoms with E-state index in [0.29, 0.717) is 44.9 Å². The van der Waals surface area contributed by atoms with Crippen molar-refractivity contribution in [3.05, 3.63) is 48.0 Å². The van der Waals surface area contributed by atoms with Gasteiger partial charge in [0.05, 0.1) is 18.0 Å². The fourth-order valence-corrected chi connectivity index (χ4v) is 6.59. The van der Waals surface area contributed by atoms with E-state index in [0.717, 1.165) is 36.4 Å². The zero-order chi connectivity index (χ0) is 23.7. The number of hydrogen-bond donors (Lipinski definition) is 0. The summed E-state index contributed by atoms with van der Waals surface area (Å²) < 4.78 is 44.0. The second-order valence-electron chi connectivity index (χ2n) is 8.95. The van der Waals surface area contributed by atoms with Gasteiger partial charge in [0.1, 0.15) is 19.0 Å². The Labute approximate surface area is 200 Å². The molecule has 2 aromatic rings. The lowest BCUT2D eigenvalue weighted by atomic mass is 9.95. The number of carbonyl (C=O) groups is 1. The van der Waals surface area contributed by atoms with Crippen LogP contribution in [0.3, 0.4) is 0 Å². The number of ether oxygens (including phenoxy) is 3. The monoisotopic (exact) mass is 486 g/mol. The summed E-state index contributed by atoms with van der Waals surface area (Å²) in [5, 5.41) is 0. The Morgan fingerprint density at radius 3 is 2.35 bits per heavy atom. The number of methoxy groups -OCH3 is 1. The number of nitrogens with zero attached hydrogens (tertiary/aromatic N) is 2. The third-order valence-electron chi connectivity index (χ3n) is 6.99. The summed E-state index contributed by atoms with van der Waals surface area (Å²) in [6, 6.07) is 12.4. The molecule has 0 aromatic heterocycles. The maximum atomic E-state index is 13.5. The molecular weight excluding hydrogens is 456 g/mol. The van der Waals surface area contributed by atoms with E-state index < -0.39 is 10.0 Å². The van der Waals surface area contributed by atoms with Gasteiger partial charge in [-0.2, -0.15) is 4.31 Å². The third kappa shape index (κ3) is 4.34. The van der Waals surface area contributed by atoms with E-state index in [1.807, 2.05) is 23.1 Å². The number of amides is 1. The van der Waals surface area contributed by atoms with Crippen molar-refractivity contribution in [3.63, 3.8) is 0 Å². The minimum absolute atomic E-state index is 0.0180. The van der Waals surface area contributed by atoms with Crippen LogP contribution in [0.2, 0.25) is 0 Å². The average molecular weight is 487 g/mol. The van der Waals surface area contributed by atoms with Gasteiger partial charge in [0.25, 0.3) is 0 Å². The van der Waals surface area contributed by atoms with Gasteiger partial charge in [0.2, 0.25) is 15.9 Å². The largest absolute Gasteiger partial charge is 0.497 e. The predicted molar refractivity (Wildman–Crippen MR) is 126 cm³/mol. The van der Waals surface area contributed by atoms with Crippen molar-refractivity contribution in [1.29, 1.82) is 0 Å². The van der Waals surface area contributed by atoms with Crippen LogP contribution in [0.15, 0.2) is 47.4 Å². The molecule has 2 saturated heterocycles. The number of hydrogen-bond acceptors (Lipinski definition) is 6. The van der Waals surface area contributed by atoms with E-state index in [-0.39, 0.29) is 22.8 Å². The molecule has 2 aromatic carbocycles. The van der Waals surface area contributed by atoms with E-state index in [9.17, 15) is 13.2 Å². The molecule has 1 unspecified atom stereocenters. The summed E-state index contributed by atoms with van der Waals surface area (Å²) in [6.07, 6.45) is 2.92. The first-order valence-corrected chi connectivity index (χ1v) is 13.3. The van der Waals surface area contributed by atoms with Gasteiger partial charge < -0.3 is 19.1 Å². The van der Waals surface area contributed by atoms with Gasteiger partial charge in [-0.15, -0.1) is 0 Å². The standard InChI is InChI=1S/C25H30N2O6S/c1-31-20-5-7-21(8-6-20)34(29,30)26-13-10-18(11-14-26)25(28)27-12-2-3-22(27)19-4-9-23-24(17-19)33-16-15-32-23/h4-9,17-18,22H,2-3,10-16H2,1H3. The zero-order valence-electron chi connectivity index (χ0n) is 19.3. The number of likely N-dealkylation sites (tertiary alicyclic amines) is 1. The van der Waals surface area contributed by atoms with Gasteiger partial charge in [-0.3, -0.25) is 4.79 Å². The second-order valence-corrected chi connectivity index (χ2v) is 10.9. The Morgan fingerprint density at radius 1 is 0.941 bits per heavy atom. The topological polar surface area (TPSA) is 85.4 Å². The Bertz CT molecular complexity index is 1140. The average Bonchev–Trinajstić information content (AvgIpc) is 3.38. The smallest absolute Gasteiger partial charge is 0.243 e. The minimum Gasteiger partial charge on any atom is -0.497 e. The molecule has 182 valence electrons. The number of carbonyl (C=O) groups excluding carboxylic acids is 1. The fraction of sp³-hybridized carbons (Fsp3) is 0.480. The lowest BCUT2D eigenvalue weighted by Gasteiger charge is -2.34. The molecule has 34 heavy (non-hydrogen) atoms. The normalized spacial score (nSPS) is 21.4. The van der Waals surface area contributed by atoms with Crippen molar-refractivity contribution in [2.75, 3.05) is 40.0 Å². The van der Waals surface area contributed by atoms with E-state index in [1.165, 1.54) is 4.31 Å². The number of piperidine rings is 1. The molecule has 0 N–H and O–H groups in total. The Morgan fingerprint density at radius 2 is 1.65 bits per heavy atom. The van der Waals surface area contributed by atoms with Crippen molar-refractivity contribution < 1.29 is 27.4 Å². The van der Waals surface area contributed by atoms with E-state index >= 15 is 0 Å². The summed E-state index contributed by atoms with van der Waals surface area (Å²) >= 11 is 0. The van der Waals surface area contributed by atoms with Crippen LogP contribution in [-0.2, 0) is 14.8 Å². The Kier molecular flexibility index (Phi) is 6.40. The van der Waals surface area contributed by atoms with Crippen molar-refractivity contribution in [1.82, 2.24) is 9.21 Å². The molecule has 1 atom stereocenters. The molecule has 3 heterocycles. The lowest BCUT2D eigenvalue weighted by molar-refractivity contribution is -0.137. The molecule has 0 spiro atoms. The molecule has 1 amide bonds. The SMILES string of the molecule is COc1ccc(S(=O)(=O)N2CCC(C(=O)N3CCCC3c3ccc4c(c3)OCCO4)CC2)cc1. The Hall–Kier alpha value is -2.78. The van der Waals surface area contributed by atoms with Gasteiger partial charge in [-0.1, -0.05) is 6.07 Å². The molecule has 0 radical (unpaired) electrons. The van der Waals surface area contributed by atoms with Crippen molar-refractivity contribution >= 4 is 15.9 Å². The molecular formula is C25H30N2O6S. The quantitative estimate of drug-likeness (QED) is 0.645. The van der Waals surface area contributed by atoms with Gasteiger partial charge in [0, 0.05) is 25.6 Å². The van der Waals surface area contributed by atoms with Crippen LogP contribution in [0.1, 0.15) is 37.3 Å². The van der Waals surface area contributed by atoms with E-state index in [2.05, 4.69) is 0 Å². The van der Waals surface area contributed by atoms with Gasteiger partial charge in [-0.25, -0.2) is 8.42 Å². The molecule has 8 nitrogen and oxygen atoms in total. The summed E-state index contributed by atoms with van der Waals surface area (Å²) in [5.74, 6) is 2.05. The van der Waals surface area contributed by atoms with Crippen LogP contribution in [-0.4, -0.2) is 63.5 Å². The number of sulfonamides is 1. The van der Waals surface area contributed by atoms with Gasteiger partial charge in [0.15, 0.2) is 11.5 Å². The molecule has 9 heteroatoms. The van der Waals surface area contributed by atoms with Crippen LogP contribution in [0.4, 0.5) is 0 Å². The molecule has 5 rings (SSSR count). The van der Waals surface area contributed by atoms with E-state index in [1.54, 1.807) is 31.4 Å². The molecule has 3 aliphatic heterocycles. The molecule has 3 aliphatic rings. The van der Waals surface area contributed by atoms with Crippen molar-refractivity contribution in [2.45, 2.75) is 36.6 Å². The first-order chi connectivity index (χ1) is 16.5. The van der Waals surface area contributed by atoms with Crippen LogP contribution in [0, 0.1) is 5.92 Å². The summed E-state index contributed by atoms with van der Waals surface area (Å²) in [5.41, 5.74) is 1.06. The number of fused-ring (bicyclic) bond motifs is 1. The first kappa shape index (κ1) is 23.0. The van der Waals surface area contributed by atoms with Crippen LogP contribution in [0.25, 0.3) is 0 Å². The Balaban J connectivity index is 1.24. The molecule has 2 fully saturated rings. The molecule has 0 saturated carbocycles. The first-order valence-electron chi connectivity index (χ1n) is 11.8. The van der Waals surface area contributed by atoms with Crippen molar-refractivity contribution in [3.8, 4) is 17.2 Å². The molecule has 0 bridgehead atoms. The van der Waals surface area contributed by atoms with Gasteiger partial charge >= 0.3 is 0 Å². The fourth-order valence-electron chi connectivity index (χ4n) is 5.12. The van der Waals surface area contributed by atoms with Crippen LogP contribution >= 0.6 is 0 Å². The minimum atomic E-state index is -3.59. The molecule has 0 aliphatic carbocycles. The second kappa shape index (κ2) is 9.46. The highest BCUT2D eigenvalue weighted by atomic mass is 32.2. The summed E-state index contributed by atoms with van der Waals surface area (Å²) in [7, 11) is -2.04. The van der Waals surface area contributed by atoms with E-state index in [4.69, 9.17) is 14.2 Å². The lowest BCUT2D eigenvalue weighted by Crippen LogP contribution is -2.44. The number of benzene rings is 2. The zero-order valence-corrected chi connectivity index (χ0v) is 20.1. The highest BCUT2D eigenvalue weighted by Gasteiger charge is 2.38. The third-order valence-corrected chi connectivity index (χ3v) is 8.90. The maximum absolute atomic E-state index is 13.5. The van der Waals surface area contributed by atoms with Crippen LogP contribution in [0.5, 0.6) is 17.2 Å². The number of rotatable bonds is 5. The predicted octanol–water partition coefficient (Wildman–Crippen LogP) is 3.23. The summed E-state index contributed by atoms with van der Waals surface area (Å²) in [6.45, 7) is 2.48. The summed E-state index contributed by atoms with van der Waals surface area (Å²) in [4.78, 5) is 15.7. The highest BCUT2D eigenvalue weighted by molar-refractivity contribution is 7.89.